The van der Waals surface area contributed by atoms with E-state index >= 15 is 0 Å². The van der Waals surface area contributed by atoms with Crippen LogP contribution in [-0.4, -0.2) is 11.2 Å². The predicted octanol–water partition coefficient (Wildman–Crippen LogP) is 2.04. The van der Waals surface area contributed by atoms with Crippen molar-refractivity contribution in [3.63, 3.8) is 0 Å². The van der Waals surface area contributed by atoms with Crippen LogP contribution in [0.15, 0.2) is 24.3 Å². The third kappa shape index (κ3) is 1.59. The maximum Gasteiger partial charge on any atom is 0.128 e. The van der Waals surface area contributed by atoms with Crippen molar-refractivity contribution < 1.29 is 4.74 Å². The van der Waals surface area contributed by atoms with Gasteiger partial charge in [-0.2, -0.15) is 0 Å². The fourth-order valence-electron chi connectivity index (χ4n) is 1.87. The maximum absolute atomic E-state index is 5.68. The molecule has 1 heterocycles. The standard InChI is InChI=1S/C12H16N2O/c1-3-15-12-6-4-5-11-10(12)7-9(8-13)14(11)2/h4-7H,3,8,13H2,1-2H3. The number of ether oxygens (including phenoxy) is 1. The molecule has 0 saturated heterocycles. The molecule has 1 aromatic heterocycles. The van der Waals surface area contributed by atoms with Gasteiger partial charge < -0.3 is 15.0 Å². The third-order valence-corrected chi connectivity index (χ3v) is 2.66. The van der Waals surface area contributed by atoms with Crippen LogP contribution in [0.3, 0.4) is 0 Å². The Morgan fingerprint density at radius 3 is 2.87 bits per heavy atom. The molecule has 15 heavy (non-hydrogen) atoms. The highest BCUT2D eigenvalue weighted by atomic mass is 16.5. The minimum Gasteiger partial charge on any atom is -0.493 e. The van der Waals surface area contributed by atoms with Gasteiger partial charge in [-0.1, -0.05) is 6.07 Å². The van der Waals surface area contributed by atoms with E-state index < -0.39 is 0 Å². The van der Waals surface area contributed by atoms with Crippen molar-refractivity contribution in [2.24, 2.45) is 12.8 Å². The van der Waals surface area contributed by atoms with Gasteiger partial charge in [-0.3, -0.25) is 0 Å². The van der Waals surface area contributed by atoms with Crippen molar-refractivity contribution in [3.8, 4) is 5.75 Å². The van der Waals surface area contributed by atoms with E-state index in [0.29, 0.717) is 13.2 Å². The highest BCUT2D eigenvalue weighted by Gasteiger charge is 2.08. The second-order valence-electron chi connectivity index (χ2n) is 3.52. The van der Waals surface area contributed by atoms with Crippen molar-refractivity contribution in [3.05, 3.63) is 30.0 Å². The summed E-state index contributed by atoms with van der Waals surface area (Å²) >= 11 is 0. The van der Waals surface area contributed by atoms with Crippen molar-refractivity contribution in [2.75, 3.05) is 6.61 Å². The second-order valence-corrected chi connectivity index (χ2v) is 3.52. The lowest BCUT2D eigenvalue weighted by Gasteiger charge is -2.04. The Morgan fingerprint density at radius 1 is 1.40 bits per heavy atom. The zero-order chi connectivity index (χ0) is 10.8. The van der Waals surface area contributed by atoms with E-state index in [4.69, 9.17) is 10.5 Å². The van der Waals surface area contributed by atoms with E-state index in [0.717, 1.165) is 16.8 Å². The second kappa shape index (κ2) is 3.95. The fraction of sp³-hybridized carbons (Fsp3) is 0.333. The van der Waals surface area contributed by atoms with Crippen LogP contribution in [0.1, 0.15) is 12.6 Å². The first-order valence-electron chi connectivity index (χ1n) is 5.18. The van der Waals surface area contributed by atoms with E-state index in [1.807, 2.05) is 26.1 Å². The van der Waals surface area contributed by atoms with Gasteiger partial charge in [0.05, 0.1) is 12.1 Å². The van der Waals surface area contributed by atoms with E-state index in [1.165, 1.54) is 5.52 Å². The number of hydrogen-bond acceptors (Lipinski definition) is 2. The average molecular weight is 204 g/mol. The molecule has 2 rings (SSSR count). The molecule has 0 radical (unpaired) electrons. The molecule has 80 valence electrons. The molecule has 0 aliphatic carbocycles. The summed E-state index contributed by atoms with van der Waals surface area (Å²) in [5, 5.41) is 1.14. The molecule has 0 bridgehead atoms. The van der Waals surface area contributed by atoms with Crippen LogP contribution in [0.2, 0.25) is 0 Å². The normalized spacial score (nSPS) is 10.9. The molecule has 0 atom stereocenters. The number of aromatic nitrogens is 1. The lowest BCUT2D eigenvalue weighted by molar-refractivity contribution is 0.344. The summed E-state index contributed by atoms with van der Waals surface area (Å²) in [4.78, 5) is 0. The van der Waals surface area contributed by atoms with Crippen LogP contribution in [0.5, 0.6) is 5.75 Å². The molecule has 3 nitrogen and oxygen atoms in total. The lowest BCUT2D eigenvalue weighted by atomic mass is 10.2. The average Bonchev–Trinajstić information content (AvgIpc) is 2.58. The van der Waals surface area contributed by atoms with Gasteiger partial charge in [-0.05, 0) is 25.1 Å². The van der Waals surface area contributed by atoms with E-state index in [9.17, 15) is 0 Å². The van der Waals surface area contributed by atoms with Gasteiger partial charge in [0.25, 0.3) is 0 Å². The van der Waals surface area contributed by atoms with Gasteiger partial charge in [-0.15, -0.1) is 0 Å². The Bertz CT molecular complexity index is 474. The molecule has 0 aliphatic heterocycles. The van der Waals surface area contributed by atoms with Gasteiger partial charge >= 0.3 is 0 Å². The first kappa shape index (κ1) is 10.1. The van der Waals surface area contributed by atoms with Crippen LogP contribution in [0.25, 0.3) is 10.9 Å². The quantitative estimate of drug-likeness (QED) is 0.831. The van der Waals surface area contributed by atoms with Crippen LogP contribution in [0, 0.1) is 0 Å². The fourth-order valence-corrected chi connectivity index (χ4v) is 1.87. The molecule has 0 fully saturated rings. The summed E-state index contributed by atoms with van der Waals surface area (Å²) in [6.07, 6.45) is 0. The molecule has 0 saturated carbocycles. The molecule has 2 N–H and O–H groups in total. The van der Waals surface area contributed by atoms with Crippen LogP contribution >= 0.6 is 0 Å². The van der Waals surface area contributed by atoms with Gasteiger partial charge in [0, 0.05) is 24.7 Å². The summed E-state index contributed by atoms with van der Waals surface area (Å²) in [5.41, 5.74) is 7.97. The molecule has 3 heteroatoms. The maximum atomic E-state index is 5.68. The number of hydrogen-bond donors (Lipinski definition) is 1. The Balaban J connectivity index is 2.65. The van der Waals surface area contributed by atoms with Crippen LogP contribution < -0.4 is 10.5 Å². The summed E-state index contributed by atoms with van der Waals surface area (Å²) in [7, 11) is 2.03. The van der Waals surface area contributed by atoms with Crippen molar-refractivity contribution in [1.82, 2.24) is 4.57 Å². The van der Waals surface area contributed by atoms with Crippen molar-refractivity contribution >= 4 is 10.9 Å². The Morgan fingerprint density at radius 2 is 2.20 bits per heavy atom. The molecule has 0 amide bonds. The molecular weight excluding hydrogens is 188 g/mol. The number of nitrogens with zero attached hydrogens (tertiary/aromatic N) is 1. The highest BCUT2D eigenvalue weighted by Crippen LogP contribution is 2.28. The van der Waals surface area contributed by atoms with E-state index in [2.05, 4.69) is 16.7 Å². The molecule has 0 aliphatic rings. The number of aryl methyl sites for hydroxylation is 1. The minimum atomic E-state index is 0.552. The molecule has 0 unspecified atom stereocenters. The van der Waals surface area contributed by atoms with Crippen LogP contribution in [0.4, 0.5) is 0 Å². The molecular formula is C12H16N2O. The molecule has 1 aromatic carbocycles. The first-order chi connectivity index (χ1) is 7.27. The smallest absolute Gasteiger partial charge is 0.128 e. The summed E-state index contributed by atoms with van der Waals surface area (Å²) in [6.45, 7) is 3.23. The third-order valence-electron chi connectivity index (χ3n) is 2.66. The monoisotopic (exact) mass is 204 g/mol. The molecule has 2 aromatic rings. The van der Waals surface area contributed by atoms with Gasteiger partial charge in [0.15, 0.2) is 0 Å². The molecule has 0 spiro atoms. The largest absolute Gasteiger partial charge is 0.493 e. The number of rotatable bonds is 3. The minimum absolute atomic E-state index is 0.552. The lowest BCUT2D eigenvalue weighted by Crippen LogP contribution is -2.02. The summed E-state index contributed by atoms with van der Waals surface area (Å²) in [6, 6.07) is 8.18. The van der Waals surface area contributed by atoms with Gasteiger partial charge in [0.1, 0.15) is 5.75 Å². The van der Waals surface area contributed by atoms with E-state index in [1.54, 1.807) is 0 Å². The zero-order valence-corrected chi connectivity index (χ0v) is 9.16. The number of fused-ring (bicyclic) bond motifs is 1. The highest BCUT2D eigenvalue weighted by molar-refractivity contribution is 5.87. The number of benzene rings is 1. The van der Waals surface area contributed by atoms with Gasteiger partial charge in [-0.25, -0.2) is 0 Å². The number of nitrogens with two attached hydrogens (primary N) is 1. The van der Waals surface area contributed by atoms with E-state index in [-0.39, 0.29) is 0 Å². The van der Waals surface area contributed by atoms with Gasteiger partial charge in [0.2, 0.25) is 0 Å². The summed E-state index contributed by atoms with van der Waals surface area (Å²) in [5.74, 6) is 0.935. The van der Waals surface area contributed by atoms with Crippen molar-refractivity contribution in [2.45, 2.75) is 13.5 Å². The Hall–Kier alpha value is -1.48. The summed E-state index contributed by atoms with van der Waals surface area (Å²) < 4.78 is 7.69. The zero-order valence-electron chi connectivity index (χ0n) is 9.16. The predicted molar refractivity (Wildman–Crippen MR) is 62.0 cm³/mol. The van der Waals surface area contributed by atoms with Crippen LogP contribution in [-0.2, 0) is 13.6 Å². The SMILES string of the molecule is CCOc1cccc2c1cc(CN)n2C. The Kier molecular flexibility index (Phi) is 2.64. The van der Waals surface area contributed by atoms with Crippen molar-refractivity contribution in [1.29, 1.82) is 0 Å². The topological polar surface area (TPSA) is 40.2 Å². The first-order valence-corrected chi connectivity index (χ1v) is 5.18. The Labute approximate surface area is 89.4 Å².